The van der Waals surface area contributed by atoms with E-state index in [1.807, 2.05) is 0 Å². The summed E-state index contributed by atoms with van der Waals surface area (Å²) >= 11 is 3.67. The first kappa shape index (κ1) is 11.9. The van der Waals surface area contributed by atoms with Crippen molar-refractivity contribution in [1.29, 1.82) is 0 Å². The van der Waals surface area contributed by atoms with Gasteiger partial charge < -0.3 is 10.1 Å². The van der Waals surface area contributed by atoms with Crippen molar-refractivity contribution in [1.82, 2.24) is 5.32 Å². The molecular weight excluding hydrogens is 266 g/mol. The second-order valence-electron chi connectivity index (χ2n) is 4.37. The standard InChI is InChI=1S/C13H18BrNO/c1-9-5-6-12(16-2)11(13(9)14)8-10-4-3-7-15-10/h5-6,10,15H,3-4,7-8H2,1-2H3. The molecular formula is C13H18BrNO. The van der Waals surface area contributed by atoms with E-state index < -0.39 is 0 Å². The Morgan fingerprint density at radius 2 is 2.31 bits per heavy atom. The fourth-order valence-electron chi connectivity index (χ4n) is 2.28. The van der Waals surface area contributed by atoms with Gasteiger partial charge in [0.1, 0.15) is 5.75 Å². The molecule has 88 valence electrons. The van der Waals surface area contributed by atoms with Crippen LogP contribution in [0.15, 0.2) is 16.6 Å². The molecule has 0 saturated carbocycles. The Balaban J connectivity index is 2.25. The summed E-state index contributed by atoms with van der Waals surface area (Å²) in [5.74, 6) is 0.992. The molecule has 1 saturated heterocycles. The third-order valence-corrected chi connectivity index (χ3v) is 4.33. The fourth-order valence-corrected chi connectivity index (χ4v) is 2.77. The normalized spacial score (nSPS) is 20.1. The van der Waals surface area contributed by atoms with Gasteiger partial charge in [-0.25, -0.2) is 0 Å². The Bertz CT molecular complexity index is 372. The number of methoxy groups -OCH3 is 1. The minimum atomic E-state index is 0.604. The average molecular weight is 284 g/mol. The van der Waals surface area contributed by atoms with Crippen LogP contribution in [-0.4, -0.2) is 19.7 Å². The lowest BCUT2D eigenvalue weighted by Gasteiger charge is -2.16. The maximum Gasteiger partial charge on any atom is 0.123 e. The first-order valence-corrected chi connectivity index (χ1v) is 6.57. The molecule has 2 rings (SSSR count). The molecule has 1 aliphatic rings. The van der Waals surface area contributed by atoms with Crippen molar-refractivity contribution in [3.63, 3.8) is 0 Å². The Labute approximate surface area is 106 Å². The molecule has 0 bridgehead atoms. The van der Waals surface area contributed by atoms with E-state index in [4.69, 9.17) is 4.74 Å². The molecule has 0 radical (unpaired) electrons. The number of ether oxygens (including phenoxy) is 1. The van der Waals surface area contributed by atoms with Crippen LogP contribution in [0.1, 0.15) is 24.0 Å². The van der Waals surface area contributed by atoms with Crippen molar-refractivity contribution in [3.05, 3.63) is 27.7 Å². The van der Waals surface area contributed by atoms with Crippen LogP contribution in [0.4, 0.5) is 0 Å². The Hall–Kier alpha value is -0.540. The summed E-state index contributed by atoms with van der Waals surface area (Å²) in [6.07, 6.45) is 3.60. The lowest BCUT2D eigenvalue weighted by Crippen LogP contribution is -2.24. The number of halogens is 1. The number of benzene rings is 1. The third kappa shape index (κ3) is 2.41. The Morgan fingerprint density at radius 3 is 2.94 bits per heavy atom. The fraction of sp³-hybridized carbons (Fsp3) is 0.538. The zero-order valence-electron chi connectivity index (χ0n) is 9.85. The van der Waals surface area contributed by atoms with Crippen molar-refractivity contribution < 1.29 is 4.74 Å². The molecule has 1 heterocycles. The molecule has 1 fully saturated rings. The van der Waals surface area contributed by atoms with Gasteiger partial charge in [0, 0.05) is 16.1 Å². The van der Waals surface area contributed by atoms with Gasteiger partial charge in [0.2, 0.25) is 0 Å². The zero-order chi connectivity index (χ0) is 11.5. The highest BCUT2D eigenvalue weighted by molar-refractivity contribution is 9.10. The van der Waals surface area contributed by atoms with Crippen LogP contribution >= 0.6 is 15.9 Å². The third-order valence-electron chi connectivity index (χ3n) is 3.23. The molecule has 1 N–H and O–H groups in total. The first-order chi connectivity index (χ1) is 7.72. The van der Waals surface area contributed by atoms with Crippen LogP contribution < -0.4 is 10.1 Å². The Kier molecular flexibility index (Phi) is 3.87. The summed E-state index contributed by atoms with van der Waals surface area (Å²) in [4.78, 5) is 0. The van der Waals surface area contributed by atoms with Gasteiger partial charge in [0.05, 0.1) is 7.11 Å². The van der Waals surface area contributed by atoms with Crippen LogP contribution in [0.25, 0.3) is 0 Å². The molecule has 2 nitrogen and oxygen atoms in total. The minimum Gasteiger partial charge on any atom is -0.496 e. The Morgan fingerprint density at radius 1 is 1.50 bits per heavy atom. The average Bonchev–Trinajstić information content (AvgIpc) is 2.78. The predicted octanol–water partition coefficient (Wildman–Crippen LogP) is 3.06. The monoisotopic (exact) mass is 283 g/mol. The van der Waals surface area contributed by atoms with E-state index in [1.165, 1.54) is 28.4 Å². The van der Waals surface area contributed by atoms with Gasteiger partial charge in [-0.3, -0.25) is 0 Å². The predicted molar refractivity (Wildman–Crippen MR) is 70.2 cm³/mol. The van der Waals surface area contributed by atoms with Gasteiger partial charge in [0.25, 0.3) is 0 Å². The molecule has 1 aliphatic heterocycles. The summed E-state index contributed by atoms with van der Waals surface area (Å²) in [5, 5.41) is 3.53. The van der Waals surface area contributed by atoms with Crippen molar-refractivity contribution >= 4 is 15.9 Å². The number of aryl methyl sites for hydroxylation is 1. The number of nitrogens with one attached hydrogen (secondary N) is 1. The summed E-state index contributed by atoms with van der Waals surface area (Å²) < 4.78 is 6.63. The molecule has 16 heavy (non-hydrogen) atoms. The number of hydrogen-bond donors (Lipinski definition) is 1. The van der Waals surface area contributed by atoms with Crippen LogP contribution in [0.3, 0.4) is 0 Å². The largest absolute Gasteiger partial charge is 0.496 e. The maximum absolute atomic E-state index is 5.43. The van der Waals surface area contributed by atoms with Gasteiger partial charge in [-0.05, 0) is 44.4 Å². The minimum absolute atomic E-state index is 0.604. The van der Waals surface area contributed by atoms with E-state index in [2.05, 4.69) is 40.3 Å². The molecule has 1 aromatic carbocycles. The smallest absolute Gasteiger partial charge is 0.123 e. The second kappa shape index (κ2) is 5.19. The highest BCUT2D eigenvalue weighted by Gasteiger charge is 2.19. The summed E-state index contributed by atoms with van der Waals surface area (Å²) in [6.45, 7) is 3.27. The molecule has 0 amide bonds. The molecule has 1 aromatic rings. The number of rotatable bonds is 3. The summed E-state index contributed by atoms with van der Waals surface area (Å²) in [6, 6.07) is 4.76. The molecule has 1 atom stereocenters. The SMILES string of the molecule is COc1ccc(C)c(Br)c1CC1CCCN1. The van der Waals surface area contributed by atoms with Crippen molar-refractivity contribution in [3.8, 4) is 5.75 Å². The van der Waals surface area contributed by atoms with Crippen LogP contribution in [-0.2, 0) is 6.42 Å². The molecule has 1 unspecified atom stereocenters. The van der Waals surface area contributed by atoms with Crippen molar-refractivity contribution in [2.75, 3.05) is 13.7 Å². The van der Waals surface area contributed by atoms with Crippen LogP contribution in [0, 0.1) is 6.92 Å². The molecule has 0 aliphatic carbocycles. The van der Waals surface area contributed by atoms with Crippen LogP contribution in [0.5, 0.6) is 5.75 Å². The molecule has 0 spiro atoms. The quantitative estimate of drug-likeness (QED) is 0.921. The van der Waals surface area contributed by atoms with E-state index in [0.717, 1.165) is 18.7 Å². The summed E-state index contributed by atoms with van der Waals surface area (Å²) in [7, 11) is 1.74. The van der Waals surface area contributed by atoms with E-state index in [-0.39, 0.29) is 0 Å². The molecule has 0 aromatic heterocycles. The van der Waals surface area contributed by atoms with Crippen molar-refractivity contribution in [2.24, 2.45) is 0 Å². The second-order valence-corrected chi connectivity index (χ2v) is 5.17. The van der Waals surface area contributed by atoms with Gasteiger partial charge in [0.15, 0.2) is 0 Å². The zero-order valence-corrected chi connectivity index (χ0v) is 11.4. The molecule has 3 heteroatoms. The van der Waals surface area contributed by atoms with E-state index in [1.54, 1.807) is 7.11 Å². The van der Waals surface area contributed by atoms with Gasteiger partial charge >= 0.3 is 0 Å². The van der Waals surface area contributed by atoms with E-state index in [0.29, 0.717) is 6.04 Å². The van der Waals surface area contributed by atoms with Crippen molar-refractivity contribution in [2.45, 2.75) is 32.2 Å². The van der Waals surface area contributed by atoms with Gasteiger partial charge in [-0.15, -0.1) is 0 Å². The summed E-state index contributed by atoms with van der Waals surface area (Å²) in [5.41, 5.74) is 2.57. The van der Waals surface area contributed by atoms with Gasteiger partial charge in [-0.1, -0.05) is 22.0 Å². The topological polar surface area (TPSA) is 21.3 Å². The highest BCUT2D eigenvalue weighted by Crippen LogP contribution is 2.31. The van der Waals surface area contributed by atoms with E-state index >= 15 is 0 Å². The lowest BCUT2D eigenvalue weighted by atomic mass is 10.0. The lowest BCUT2D eigenvalue weighted by molar-refractivity contribution is 0.406. The van der Waals surface area contributed by atoms with E-state index in [9.17, 15) is 0 Å². The maximum atomic E-state index is 5.43. The van der Waals surface area contributed by atoms with Gasteiger partial charge in [-0.2, -0.15) is 0 Å². The number of hydrogen-bond acceptors (Lipinski definition) is 2. The van der Waals surface area contributed by atoms with Crippen LogP contribution in [0.2, 0.25) is 0 Å². The highest BCUT2D eigenvalue weighted by atomic mass is 79.9. The first-order valence-electron chi connectivity index (χ1n) is 5.77.